The molecule has 0 aliphatic rings. The summed E-state index contributed by atoms with van der Waals surface area (Å²) in [7, 11) is -1.63. The van der Waals surface area contributed by atoms with Crippen molar-refractivity contribution in [1.82, 2.24) is 30.7 Å². The number of rotatable bonds is 6. The minimum Gasteiger partial charge on any atom is -0.318 e. The normalized spacial score (nSPS) is 14.0. The highest BCUT2D eigenvalue weighted by molar-refractivity contribution is 7.90. The highest BCUT2D eigenvalue weighted by Gasteiger charge is 2.19. The predicted octanol–water partition coefficient (Wildman–Crippen LogP) is -1.77. The molecule has 0 aliphatic carbocycles. The van der Waals surface area contributed by atoms with Crippen molar-refractivity contribution in [3.63, 3.8) is 0 Å². The van der Waals surface area contributed by atoms with Crippen molar-refractivity contribution in [1.29, 1.82) is 0 Å². The topological polar surface area (TPSA) is 113 Å². The molecule has 0 fully saturated rings. The van der Waals surface area contributed by atoms with E-state index in [9.17, 15) is 8.42 Å². The van der Waals surface area contributed by atoms with Crippen LogP contribution in [-0.4, -0.2) is 47.9 Å². The monoisotopic (exact) mass is 234 g/mol. The Morgan fingerprint density at radius 1 is 1.53 bits per heavy atom. The molecule has 0 amide bonds. The van der Waals surface area contributed by atoms with E-state index in [0.29, 0.717) is 12.4 Å². The Hall–Kier alpha value is -1.06. The van der Waals surface area contributed by atoms with Gasteiger partial charge in [0, 0.05) is 6.54 Å². The molecule has 0 spiro atoms. The molecule has 0 aromatic carbocycles. The molecule has 1 rings (SSSR count). The van der Waals surface area contributed by atoms with Gasteiger partial charge in [-0.25, -0.2) is 13.1 Å². The fourth-order valence-electron chi connectivity index (χ4n) is 0.962. The molecule has 1 heterocycles. The van der Waals surface area contributed by atoms with E-state index in [1.165, 1.54) is 0 Å². The van der Waals surface area contributed by atoms with Crippen LogP contribution >= 0.6 is 0 Å². The number of aromatic amines is 1. The summed E-state index contributed by atoms with van der Waals surface area (Å²) >= 11 is 0. The van der Waals surface area contributed by atoms with Crippen molar-refractivity contribution in [2.45, 2.75) is 18.7 Å². The SMILES string of the molecule is CNCC(C)S(=O)(=O)NCc1nn[nH]n1. The van der Waals surface area contributed by atoms with Crippen LogP contribution < -0.4 is 10.0 Å². The molecule has 0 saturated heterocycles. The van der Waals surface area contributed by atoms with Crippen molar-refractivity contribution in [3.8, 4) is 0 Å². The standard InChI is InChI=1S/C6H14N6O2S/c1-5(3-7-2)15(13,14)8-4-6-9-11-12-10-6/h5,7-8H,3-4H2,1-2H3,(H,9,10,11,12). The van der Waals surface area contributed by atoms with E-state index >= 15 is 0 Å². The Bertz CT molecular complexity index is 374. The summed E-state index contributed by atoms with van der Waals surface area (Å²) in [6.45, 7) is 2.06. The second kappa shape index (κ2) is 5.14. The number of H-pyrrole nitrogens is 1. The minimum absolute atomic E-state index is 0.0485. The summed E-state index contributed by atoms with van der Waals surface area (Å²) in [5.74, 6) is 0.315. The molecule has 0 aliphatic heterocycles. The van der Waals surface area contributed by atoms with E-state index < -0.39 is 15.3 Å². The molecular formula is C6H14N6O2S. The van der Waals surface area contributed by atoms with Crippen LogP contribution in [0.25, 0.3) is 0 Å². The summed E-state index contributed by atoms with van der Waals surface area (Å²) in [4.78, 5) is 0. The van der Waals surface area contributed by atoms with E-state index in [2.05, 4.69) is 30.7 Å². The third-order valence-electron chi connectivity index (χ3n) is 1.84. The van der Waals surface area contributed by atoms with Gasteiger partial charge in [0.25, 0.3) is 0 Å². The number of nitrogens with zero attached hydrogens (tertiary/aromatic N) is 3. The molecule has 0 radical (unpaired) electrons. The lowest BCUT2D eigenvalue weighted by molar-refractivity contribution is 0.561. The van der Waals surface area contributed by atoms with Crippen LogP contribution in [0, 0.1) is 0 Å². The van der Waals surface area contributed by atoms with Gasteiger partial charge < -0.3 is 5.32 Å². The van der Waals surface area contributed by atoms with Crippen LogP contribution in [0.3, 0.4) is 0 Å². The summed E-state index contributed by atoms with van der Waals surface area (Å²) in [6.07, 6.45) is 0. The number of tetrazole rings is 1. The van der Waals surface area contributed by atoms with Gasteiger partial charge in [0.15, 0.2) is 5.82 Å². The number of aromatic nitrogens is 4. The summed E-state index contributed by atoms with van der Waals surface area (Å²) in [6, 6.07) is 0. The fraction of sp³-hybridized carbons (Fsp3) is 0.833. The molecule has 9 heteroatoms. The quantitative estimate of drug-likeness (QED) is 0.537. The maximum atomic E-state index is 11.6. The van der Waals surface area contributed by atoms with Crippen LogP contribution in [0.2, 0.25) is 0 Å². The second-order valence-corrected chi connectivity index (χ2v) is 5.25. The van der Waals surface area contributed by atoms with Gasteiger partial charge in [0.05, 0.1) is 11.8 Å². The fourth-order valence-corrected chi connectivity index (χ4v) is 1.96. The molecule has 86 valence electrons. The van der Waals surface area contributed by atoms with Crippen LogP contribution in [0.4, 0.5) is 0 Å². The summed E-state index contributed by atoms with van der Waals surface area (Å²) in [5, 5.41) is 15.1. The van der Waals surface area contributed by atoms with E-state index in [4.69, 9.17) is 0 Å². The van der Waals surface area contributed by atoms with Gasteiger partial charge in [-0.1, -0.05) is 5.21 Å². The zero-order chi connectivity index (χ0) is 11.3. The highest BCUT2D eigenvalue weighted by Crippen LogP contribution is 1.97. The average Bonchev–Trinajstić information content (AvgIpc) is 2.68. The minimum atomic E-state index is -3.33. The third kappa shape index (κ3) is 3.53. The van der Waals surface area contributed by atoms with Gasteiger partial charge in [-0.15, -0.1) is 10.2 Å². The number of hydrogen-bond donors (Lipinski definition) is 3. The Morgan fingerprint density at radius 2 is 2.27 bits per heavy atom. The van der Waals surface area contributed by atoms with Crippen LogP contribution in [-0.2, 0) is 16.6 Å². The molecule has 0 bridgehead atoms. The molecule has 15 heavy (non-hydrogen) atoms. The maximum absolute atomic E-state index is 11.6. The Balaban J connectivity index is 2.50. The van der Waals surface area contributed by atoms with Crippen LogP contribution in [0.1, 0.15) is 12.7 Å². The van der Waals surface area contributed by atoms with Gasteiger partial charge >= 0.3 is 0 Å². The lowest BCUT2D eigenvalue weighted by Gasteiger charge is -2.11. The van der Waals surface area contributed by atoms with E-state index in [-0.39, 0.29) is 6.54 Å². The lowest BCUT2D eigenvalue weighted by Crippen LogP contribution is -2.37. The molecular weight excluding hydrogens is 220 g/mol. The lowest BCUT2D eigenvalue weighted by atomic mass is 10.5. The molecule has 1 unspecified atom stereocenters. The largest absolute Gasteiger partial charge is 0.318 e. The van der Waals surface area contributed by atoms with Gasteiger partial charge in [-0.2, -0.15) is 5.21 Å². The van der Waals surface area contributed by atoms with Crippen LogP contribution in [0.15, 0.2) is 0 Å². The highest BCUT2D eigenvalue weighted by atomic mass is 32.2. The van der Waals surface area contributed by atoms with Crippen LogP contribution in [0.5, 0.6) is 0 Å². The first-order chi connectivity index (χ1) is 7.06. The molecule has 1 atom stereocenters. The first-order valence-electron chi connectivity index (χ1n) is 4.41. The molecule has 3 N–H and O–H groups in total. The van der Waals surface area contributed by atoms with Crippen molar-refractivity contribution >= 4 is 10.0 Å². The Morgan fingerprint density at radius 3 is 2.80 bits per heavy atom. The summed E-state index contributed by atoms with van der Waals surface area (Å²) < 4.78 is 25.5. The van der Waals surface area contributed by atoms with Crippen molar-refractivity contribution in [2.75, 3.05) is 13.6 Å². The van der Waals surface area contributed by atoms with E-state index in [0.717, 1.165) is 0 Å². The maximum Gasteiger partial charge on any atom is 0.215 e. The third-order valence-corrected chi connectivity index (χ3v) is 3.61. The zero-order valence-corrected chi connectivity index (χ0v) is 9.37. The molecule has 0 saturated carbocycles. The van der Waals surface area contributed by atoms with Gasteiger partial charge in [-0.3, -0.25) is 0 Å². The van der Waals surface area contributed by atoms with Gasteiger partial charge in [0.2, 0.25) is 10.0 Å². The number of sulfonamides is 1. The number of hydrogen-bond acceptors (Lipinski definition) is 6. The molecule has 1 aromatic heterocycles. The van der Waals surface area contributed by atoms with E-state index in [1.54, 1.807) is 14.0 Å². The van der Waals surface area contributed by atoms with Gasteiger partial charge in [0.1, 0.15) is 0 Å². The zero-order valence-electron chi connectivity index (χ0n) is 8.56. The molecule has 1 aromatic rings. The smallest absolute Gasteiger partial charge is 0.215 e. The summed E-state index contributed by atoms with van der Waals surface area (Å²) in [5.41, 5.74) is 0. The number of nitrogens with one attached hydrogen (secondary N) is 3. The first kappa shape index (κ1) is 12.0. The second-order valence-electron chi connectivity index (χ2n) is 3.06. The van der Waals surface area contributed by atoms with Gasteiger partial charge in [-0.05, 0) is 14.0 Å². The van der Waals surface area contributed by atoms with Crippen molar-refractivity contribution in [2.24, 2.45) is 0 Å². The Labute approximate surface area is 87.9 Å². The van der Waals surface area contributed by atoms with Crippen molar-refractivity contribution in [3.05, 3.63) is 5.82 Å². The molecule has 8 nitrogen and oxygen atoms in total. The van der Waals surface area contributed by atoms with E-state index in [1.807, 2.05) is 0 Å². The Kier molecular flexibility index (Phi) is 4.12. The average molecular weight is 234 g/mol. The first-order valence-corrected chi connectivity index (χ1v) is 5.96. The predicted molar refractivity (Wildman–Crippen MR) is 53.3 cm³/mol. The van der Waals surface area contributed by atoms with Crippen molar-refractivity contribution < 1.29 is 8.42 Å².